The molecule has 2 N–H and O–H groups in total. The molecule has 2 aromatic rings. The third kappa shape index (κ3) is 4.35. The highest BCUT2D eigenvalue weighted by Gasteiger charge is 2.13. The average Bonchev–Trinajstić information content (AvgIpc) is 2.86. The van der Waals surface area contributed by atoms with Crippen LogP contribution in [0.1, 0.15) is 18.3 Å². The largest absolute Gasteiger partial charge is 0.493 e. The molecule has 0 fully saturated rings. The molecular formula is C14H14BrN3O3S. The number of carboxylic acids is 1. The van der Waals surface area contributed by atoms with E-state index in [1.54, 1.807) is 31.2 Å². The Labute approximate surface area is 140 Å². The lowest BCUT2D eigenvalue weighted by Gasteiger charge is -2.06. The van der Waals surface area contributed by atoms with Crippen molar-refractivity contribution in [2.45, 2.75) is 19.0 Å². The Balaban J connectivity index is 2.26. The van der Waals surface area contributed by atoms with Crippen LogP contribution in [0.3, 0.4) is 0 Å². The first-order chi connectivity index (χ1) is 10.5. The summed E-state index contributed by atoms with van der Waals surface area (Å²) in [7, 11) is 0. The van der Waals surface area contributed by atoms with Gasteiger partial charge in [-0.2, -0.15) is 0 Å². The molecule has 1 aromatic carbocycles. The second kappa shape index (κ2) is 7.46. The molecule has 0 aliphatic rings. The molecule has 0 aliphatic heterocycles. The van der Waals surface area contributed by atoms with Gasteiger partial charge in [-0.15, -0.1) is 5.10 Å². The Morgan fingerprint density at radius 2 is 2.32 bits per heavy atom. The van der Waals surface area contributed by atoms with Gasteiger partial charge in [0.15, 0.2) is 0 Å². The molecule has 0 atom stereocenters. The number of aliphatic carboxylic acids is 1. The zero-order chi connectivity index (χ0) is 16.1. The zero-order valence-corrected chi connectivity index (χ0v) is 14.4. The molecular weight excluding hydrogens is 370 g/mol. The van der Waals surface area contributed by atoms with Gasteiger partial charge in [-0.25, -0.2) is 9.78 Å². The minimum atomic E-state index is -1.03. The summed E-state index contributed by atoms with van der Waals surface area (Å²) < 4.78 is 6.20. The van der Waals surface area contributed by atoms with Crippen molar-refractivity contribution in [3.63, 3.8) is 0 Å². The van der Waals surface area contributed by atoms with Gasteiger partial charge in [0, 0.05) is 0 Å². The molecule has 6 nitrogen and oxygen atoms in total. The third-order valence-electron chi connectivity index (χ3n) is 2.54. The first-order valence-corrected chi connectivity index (χ1v) is 8.04. The summed E-state index contributed by atoms with van der Waals surface area (Å²) in [6.45, 7) is 4.22. The van der Waals surface area contributed by atoms with Crippen LogP contribution in [0, 0.1) is 6.92 Å². The molecule has 1 aromatic heterocycles. The van der Waals surface area contributed by atoms with E-state index in [9.17, 15) is 9.90 Å². The number of hydrogen-bond donors (Lipinski definition) is 2. The van der Waals surface area contributed by atoms with Crippen LogP contribution in [0.2, 0.25) is 0 Å². The van der Waals surface area contributed by atoms with E-state index in [2.05, 4.69) is 31.1 Å². The van der Waals surface area contributed by atoms with Gasteiger partial charge in [0.1, 0.15) is 16.5 Å². The predicted molar refractivity (Wildman–Crippen MR) is 87.9 cm³/mol. The van der Waals surface area contributed by atoms with Crippen LogP contribution in [0.15, 0.2) is 32.7 Å². The van der Waals surface area contributed by atoms with Crippen molar-refractivity contribution in [1.29, 1.82) is 0 Å². The number of thioether (sulfide) groups is 1. The molecule has 0 radical (unpaired) electrons. The predicted octanol–water partition coefficient (Wildman–Crippen LogP) is 3.49. The van der Waals surface area contributed by atoms with Crippen LogP contribution >= 0.6 is 27.7 Å². The molecule has 0 saturated heterocycles. The number of H-pyrrole nitrogens is 1. The van der Waals surface area contributed by atoms with Gasteiger partial charge < -0.3 is 9.84 Å². The van der Waals surface area contributed by atoms with Gasteiger partial charge in [0.05, 0.1) is 11.1 Å². The quantitative estimate of drug-likeness (QED) is 0.586. The lowest BCUT2D eigenvalue weighted by atomic mass is 10.2. The van der Waals surface area contributed by atoms with Crippen molar-refractivity contribution >= 4 is 39.7 Å². The number of aromatic nitrogens is 3. The van der Waals surface area contributed by atoms with Gasteiger partial charge in [-0.3, -0.25) is 5.10 Å². The highest BCUT2D eigenvalue weighted by atomic mass is 79.9. The summed E-state index contributed by atoms with van der Waals surface area (Å²) in [6, 6.07) is 5.39. The second-order valence-electron chi connectivity index (χ2n) is 4.24. The highest BCUT2D eigenvalue weighted by molar-refractivity contribution is 9.10. The number of carboxylic acid groups (broad SMARTS) is 1. The van der Waals surface area contributed by atoms with E-state index < -0.39 is 5.97 Å². The van der Waals surface area contributed by atoms with Crippen molar-refractivity contribution in [1.82, 2.24) is 15.2 Å². The summed E-state index contributed by atoms with van der Waals surface area (Å²) >= 11 is 4.40. The fraction of sp³-hybridized carbons (Fsp3) is 0.214. The summed E-state index contributed by atoms with van der Waals surface area (Å²) in [5, 5.41) is 16.3. The number of aryl methyl sites for hydroxylation is 1. The number of nitrogens with one attached hydrogen (secondary N) is 1. The van der Waals surface area contributed by atoms with Gasteiger partial charge in [0.25, 0.3) is 0 Å². The van der Waals surface area contributed by atoms with Crippen LogP contribution in [0.5, 0.6) is 5.75 Å². The Morgan fingerprint density at radius 1 is 1.55 bits per heavy atom. The molecule has 0 saturated carbocycles. The smallest absolute Gasteiger partial charge is 0.342 e. The molecule has 0 amide bonds. The van der Waals surface area contributed by atoms with Gasteiger partial charge in [0.2, 0.25) is 5.16 Å². The van der Waals surface area contributed by atoms with Crippen molar-refractivity contribution < 1.29 is 14.6 Å². The van der Waals surface area contributed by atoms with Gasteiger partial charge >= 0.3 is 5.97 Å². The van der Waals surface area contributed by atoms with E-state index in [-0.39, 0.29) is 4.91 Å². The normalized spacial score (nSPS) is 11.5. The van der Waals surface area contributed by atoms with E-state index in [0.29, 0.717) is 23.3 Å². The van der Waals surface area contributed by atoms with Crippen molar-refractivity contribution in [2.75, 3.05) is 6.61 Å². The number of hydrogen-bond acceptors (Lipinski definition) is 5. The lowest BCUT2D eigenvalue weighted by Crippen LogP contribution is -1.97. The van der Waals surface area contributed by atoms with Crippen LogP contribution in [-0.4, -0.2) is 32.9 Å². The SMILES string of the molecule is CCOc1ccc(C=C(Sc2n[nH]c(C)n2)C(=O)O)cc1Br. The number of carbonyl (C=O) groups is 1. The van der Waals surface area contributed by atoms with Crippen LogP contribution in [0.4, 0.5) is 0 Å². The maximum Gasteiger partial charge on any atom is 0.342 e. The number of halogens is 1. The fourth-order valence-corrected chi connectivity index (χ4v) is 2.90. The van der Waals surface area contributed by atoms with Crippen LogP contribution < -0.4 is 4.74 Å². The van der Waals surface area contributed by atoms with Crippen LogP contribution in [-0.2, 0) is 4.79 Å². The molecule has 8 heteroatoms. The standard InChI is InChI=1S/C14H14BrN3O3S/c1-3-21-11-5-4-9(6-10(11)15)7-12(13(19)20)22-14-16-8(2)17-18-14/h4-7H,3H2,1-2H3,(H,19,20)(H,16,17,18). The Morgan fingerprint density at radius 3 is 2.86 bits per heavy atom. The van der Waals surface area contributed by atoms with Gasteiger partial charge in [-0.05, 0) is 65.3 Å². The molecule has 1 heterocycles. The Hall–Kier alpha value is -1.80. The van der Waals surface area contributed by atoms with Crippen molar-refractivity contribution in [3.05, 3.63) is 39.0 Å². The van der Waals surface area contributed by atoms with E-state index in [1.165, 1.54) is 0 Å². The second-order valence-corrected chi connectivity index (χ2v) is 6.11. The van der Waals surface area contributed by atoms with Crippen LogP contribution in [0.25, 0.3) is 6.08 Å². The molecule has 0 spiro atoms. The minimum absolute atomic E-state index is 0.134. The molecule has 2 rings (SSSR count). The molecule has 22 heavy (non-hydrogen) atoms. The topological polar surface area (TPSA) is 88.1 Å². The number of rotatable bonds is 6. The number of nitrogens with zero attached hydrogens (tertiary/aromatic N) is 2. The maximum absolute atomic E-state index is 11.4. The third-order valence-corrected chi connectivity index (χ3v) is 4.04. The van der Waals surface area contributed by atoms with E-state index >= 15 is 0 Å². The molecule has 116 valence electrons. The average molecular weight is 384 g/mol. The van der Waals surface area contributed by atoms with Crippen molar-refractivity contribution in [3.8, 4) is 5.75 Å². The monoisotopic (exact) mass is 383 g/mol. The van der Waals surface area contributed by atoms with Crippen molar-refractivity contribution in [2.24, 2.45) is 0 Å². The summed E-state index contributed by atoms with van der Waals surface area (Å²) in [5.74, 6) is 0.322. The highest BCUT2D eigenvalue weighted by Crippen LogP contribution is 2.30. The first kappa shape index (κ1) is 16.6. The molecule has 0 unspecified atom stereocenters. The lowest BCUT2D eigenvalue weighted by molar-refractivity contribution is -0.131. The molecule has 0 bridgehead atoms. The van der Waals surface area contributed by atoms with Gasteiger partial charge in [-0.1, -0.05) is 6.07 Å². The Bertz CT molecular complexity index is 715. The fourth-order valence-electron chi connectivity index (χ4n) is 1.63. The summed E-state index contributed by atoms with van der Waals surface area (Å²) in [4.78, 5) is 15.6. The first-order valence-electron chi connectivity index (χ1n) is 6.43. The Kier molecular flexibility index (Phi) is 5.62. The summed E-state index contributed by atoms with van der Waals surface area (Å²) in [6.07, 6.45) is 1.57. The number of aromatic amines is 1. The molecule has 0 aliphatic carbocycles. The number of ether oxygens (including phenoxy) is 1. The van der Waals surface area contributed by atoms with E-state index in [0.717, 1.165) is 21.8 Å². The number of benzene rings is 1. The maximum atomic E-state index is 11.4. The summed E-state index contributed by atoms with van der Waals surface area (Å²) in [5.41, 5.74) is 0.743. The minimum Gasteiger partial charge on any atom is -0.493 e. The van der Waals surface area contributed by atoms with E-state index in [1.807, 2.05) is 6.92 Å². The van der Waals surface area contributed by atoms with E-state index in [4.69, 9.17) is 4.74 Å². The zero-order valence-electron chi connectivity index (χ0n) is 12.0.